The van der Waals surface area contributed by atoms with Gasteiger partial charge >= 0.3 is 0 Å². The zero-order valence-electron chi connectivity index (χ0n) is 10.6. The molecule has 1 aromatic carbocycles. The second-order valence-corrected chi connectivity index (χ2v) is 5.09. The molecule has 0 aliphatic heterocycles. The van der Waals surface area contributed by atoms with Crippen molar-refractivity contribution in [3.8, 4) is 11.3 Å². The van der Waals surface area contributed by atoms with E-state index in [1.165, 1.54) is 0 Å². The lowest BCUT2D eigenvalue weighted by atomic mass is 10.1. The summed E-state index contributed by atoms with van der Waals surface area (Å²) < 4.78 is 5.31. The average Bonchev–Trinajstić information content (AvgIpc) is 2.78. The van der Waals surface area contributed by atoms with Crippen LogP contribution in [0.5, 0.6) is 0 Å². The van der Waals surface area contributed by atoms with Gasteiger partial charge in [0.05, 0.1) is 10.7 Å². The zero-order valence-corrected chi connectivity index (χ0v) is 11.4. The third kappa shape index (κ3) is 3.34. The van der Waals surface area contributed by atoms with Gasteiger partial charge in [-0.25, -0.2) is 0 Å². The van der Waals surface area contributed by atoms with Gasteiger partial charge in [-0.05, 0) is 24.6 Å². The van der Waals surface area contributed by atoms with Gasteiger partial charge < -0.3 is 9.84 Å². The lowest BCUT2D eigenvalue weighted by Crippen LogP contribution is -2.18. The lowest BCUT2D eigenvalue weighted by Gasteiger charge is -2.04. The standard InChI is InChI=1S/C14H17ClN2O/c1-10(2)8-16-9-11-7-14(18-17-11)12-5-3-4-6-13(12)15/h3-7,10,16H,8-9H2,1-2H3. The molecule has 0 saturated heterocycles. The summed E-state index contributed by atoms with van der Waals surface area (Å²) in [5.41, 5.74) is 1.77. The Morgan fingerprint density at radius 1 is 1.33 bits per heavy atom. The summed E-state index contributed by atoms with van der Waals surface area (Å²) >= 11 is 6.11. The molecule has 1 heterocycles. The smallest absolute Gasteiger partial charge is 0.168 e. The maximum atomic E-state index is 6.11. The number of hydrogen-bond donors (Lipinski definition) is 1. The molecule has 2 rings (SSSR count). The van der Waals surface area contributed by atoms with E-state index in [1.54, 1.807) is 0 Å². The first kappa shape index (κ1) is 13.1. The number of rotatable bonds is 5. The Labute approximate surface area is 112 Å². The van der Waals surface area contributed by atoms with E-state index in [4.69, 9.17) is 16.1 Å². The molecule has 3 nitrogen and oxygen atoms in total. The fourth-order valence-corrected chi connectivity index (χ4v) is 1.90. The van der Waals surface area contributed by atoms with Crippen LogP contribution in [0.1, 0.15) is 19.5 Å². The summed E-state index contributed by atoms with van der Waals surface area (Å²) in [6.45, 7) is 6.02. The van der Waals surface area contributed by atoms with E-state index in [9.17, 15) is 0 Å². The van der Waals surface area contributed by atoms with E-state index >= 15 is 0 Å². The fraction of sp³-hybridized carbons (Fsp3) is 0.357. The van der Waals surface area contributed by atoms with Gasteiger partial charge in [-0.2, -0.15) is 0 Å². The highest BCUT2D eigenvalue weighted by atomic mass is 35.5. The van der Waals surface area contributed by atoms with Gasteiger partial charge in [0, 0.05) is 18.2 Å². The molecule has 0 saturated carbocycles. The van der Waals surface area contributed by atoms with Gasteiger partial charge in [-0.15, -0.1) is 0 Å². The van der Waals surface area contributed by atoms with Crippen molar-refractivity contribution in [1.29, 1.82) is 0 Å². The third-order valence-electron chi connectivity index (χ3n) is 2.56. The highest BCUT2D eigenvalue weighted by Crippen LogP contribution is 2.27. The quantitative estimate of drug-likeness (QED) is 0.894. The number of halogens is 1. The molecule has 2 aromatic rings. The Hall–Kier alpha value is -1.32. The van der Waals surface area contributed by atoms with Crippen molar-refractivity contribution in [3.05, 3.63) is 41.0 Å². The monoisotopic (exact) mass is 264 g/mol. The van der Waals surface area contributed by atoms with Crippen LogP contribution in [-0.4, -0.2) is 11.7 Å². The van der Waals surface area contributed by atoms with Crippen molar-refractivity contribution < 1.29 is 4.52 Å². The summed E-state index contributed by atoms with van der Waals surface area (Å²) in [4.78, 5) is 0. The lowest BCUT2D eigenvalue weighted by molar-refractivity contribution is 0.418. The number of hydrogen-bond acceptors (Lipinski definition) is 3. The van der Waals surface area contributed by atoms with E-state index in [0.29, 0.717) is 23.2 Å². The van der Waals surface area contributed by atoms with E-state index in [-0.39, 0.29) is 0 Å². The molecule has 96 valence electrons. The van der Waals surface area contributed by atoms with Crippen molar-refractivity contribution in [2.45, 2.75) is 20.4 Å². The van der Waals surface area contributed by atoms with Gasteiger partial charge in [0.15, 0.2) is 5.76 Å². The van der Waals surface area contributed by atoms with Crippen molar-refractivity contribution in [1.82, 2.24) is 10.5 Å². The molecule has 1 aromatic heterocycles. The number of benzene rings is 1. The van der Waals surface area contributed by atoms with Crippen LogP contribution in [0, 0.1) is 5.92 Å². The molecule has 0 amide bonds. The van der Waals surface area contributed by atoms with Crippen molar-refractivity contribution in [2.75, 3.05) is 6.54 Å². The molecule has 0 radical (unpaired) electrons. The number of nitrogens with zero attached hydrogens (tertiary/aromatic N) is 1. The van der Waals surface area contributed by atoms with Crippen LogP contribution in [0.15, 0.2) is 34.9 Å². The van der Waals surface area contributed by atoms with Crippen molar-refractivity contribution in [3.63, 3.8) is 0 Å². The Bertz CT molecular complexity index is 508. The maximum absolute atomic E-state index is 6.11. The molecule has 0 aliphatic rings. The fourth-order valence-electron chi connectivity index (χ4n) is 1.67. The first-order valence-corrected chi connectivity index (χ1v) is 6.46. The molecule has 0 spiro atoms. The Balaban J connectivity index is 2.04. The van der Waals surface area contributed by atoms with Crippen LogP contribution in [0.25, 0.3) is 11.3 Å². The van der Waals surface area contributed by atoms with Crippen molar-refractivity contribution in [2.24, 2.45) is 5.92 Å². The average molecular weight is 265 g/mol. The molecule has 4 heteroatoms. The van der Waals surface area contributed by atoms with Crippen LogP contribution in [0.3, 0.4) is 0 Å². The Morgan fingerprint density at radius 2 is 2.11 bits per heavy atom. The molecular formula is C14H17ClN2O. The summed E-state index contributed by atoms with van der Waals surface area (Å²) in [6.07, 6.45) is 0. The Morgan fingerprint density at radius 3 is 2.83 bits per heavy atom. The predicted molar refractivity (Wildman–Crippen MR) is 73.5 cm³/mol. The van der Waals surface area contributed by atoms with Crippen LogP contribution in [0.2, 0.25) is 5.02 Å². The molecule has 0 aliphatic carbocycles. The summed E-state index contributed by atoms with van der Waals surface area (Å²) in [5.74, 6) is 1.34. The molecule has 18 heavy (non-hydrogen) atoms. The molecule has 0 atom stereocenters. The largest absolute Gasteiger partial charge is 0.356 e. The summed E-state index contributed by atoms with van der Waals surface area (Å²) in [7, 11) is 0. The first-order valence-electron chi connectivity index (χ1n) is 6.08. The summed E-state index contributed by atoms with van der Waals surface area (Å²) in [5, 5.41) is 8.04. The summed E-state index contributed by atoms with van der Waals surface area (Å²) in [6, 6.07) is 9.52. The highest BCUT2D eigenvalue weighted by Gasteiger charge is 2.09. The van der Waals surface area contributed by atoms with E-state index in [1.807, 2.05) is 30.3 Å². The second kappa shape index (κ2) is 6.03. The SMILES string of the molecule is CC(C)CNCc1cc(-c2ccccc2Cl)on1. The number of aromatic nitrogens is 1. The second-order valence-electron chi connectivity index (χ2n) is 4.69. The van der Waals surface area contributed by atoms with Gasteiger partial charge in [-0.1, -0.05) is 42.7 Å². The minimum Gasteiger partial charge on any atom is -0.356 e. The van der Waals surface area contributed by atoms with Gasteiger partial charge in [0.25, 0.3) is 0 Å². The van der Waals surface area contributed by atoms with Crippen LogP contribution >= 0.6 is 11.6 Å². The number of nitrogens with one attached hydrogen (secondary N) is 1. The van der Waals surface area contributed by atoms with Gasteiger partial charge in [-0.3, -0.25) is 0 Å². The minimum absolute atomic E-state index is 0.625. The molecule has 1 N–H and O–H groups in total. The van der Waals surface area contributed by atoms with E-state index in [0.717, 1.165) is 17.8 Å². The molecule has 0 bridgehead atoms. The van der Waals surface area contributed by atoms with Crippen molar-refractivity contribution >= 4 is 11.6 Å². The first-order chi connectivity index (χ1) is 8.66. The molecule has 0 fully saturated rings. The van der Waals surface area contributed by atoms with Crippen LogP contribution in [0.4, 0.5) is 0 Å². The molecular weight excluding hydrogens is 248 g/mol. The predicted octanol–water partition coefficient (Wildman–Crippen LogP) is 3.74. The van der Waals surface area contributed by atoms with E-state index in [2.05, 4.69) is 24.3 Å². The zero-order chi connectivity index (χ0) is 13.0. The highest BCUT2D eigenvalue weighted by molar-refractivity contribution is 6.33. The topological polar surface area (TPSA) is 38.1 Å². The Kier molecular flexibility index (Phi) is 4.39. The molecule has 0 unspecified atom stereocenters. The maximum Gasteiger partial charge on any atom is 0.168 e. The normalized spacial score (nSPS) is 11.1. The van der Waals surface area contributed by atoms with Crippen LogP contribution < -0.4 is 5.32 Å². The van der Waals surface area contributed by atoms with Gasteiger partial charge in [0.2, 0.25) is 0 Å². The van der Waals surface area contributed by atoms with Gasteiger partial charge in [0.1, 0.15) is 0 Å². The minimum atomic E-state index is 0.625. The van der Waals surface area contributed by atoms with Crippen LogP contribution in [-0.2, 0) is 6.54 Å². The third-order valence-corrected chi connectivity index (χ3v) is 2.89. The van der Waals surface area contributed by atoms with E-state index < -0.39 is 0 Å².